The molecule has 0 aliphatic carbocycles. The second-order valence-electron chi connectivity index (χ2n) is 8.69. The Morgan fingerprint density at radius 3 is 2.50 bits per heavy atom. The lowest BCUT2D eigenvalue weighted by Crippen LogP contribution is -2.30. The van der Waals surface area contributed by atoms with Gasteiger partial charge in [-0.25, -0.2) is 0 Å². The molecule has 1 aliphatic heterocycles. The minimum Gasteiger partial charge on any atom is -0.507 e. The molecule has 3 aromatic carbocycles. The van der Waals surface area contributed by atoms with E-state index in [9.17, 15) is 9.90 Å². The molecule has 36 heavy (non-hydrogen) atoms. The van der Waals surface area contributed by atoms with Gasteiger partial charge in [0.25, 0.3) is 5.91 Å². The Morgan fingerprint density at radius 2 is 1.75 bits per heavy atom. The lowest BCUT2D eigenvalue weighted by Gasteiger charge is -2.26. The first kappa shape index (κ1) is 23.5. The van der Waals surface area contributed by atoms with Gasteiger partial charge in [-0.3, -0.25) is 9.89 Å². The van der Waals surface area contributed by atoms with Crippen LogP contribution < -0.4 is 9.47 Å². The molecule has 0 unspecified atom stereocenters. The Labute approximate surface area is 210 Å². The highest BCUT2D eigenvalue weighted by atomic mass is 16.5. The van der Waals surface area contributed by atoms with Crippen LogP contribution in [0.2, 0.25) is 0 Å². The number of para-hydroxylation sites is 1. The maximum absolute atomic E-state index is 13.4. The number of aromatic amines is 1. The number of nitrogens with one attached hydrogen (secondary N) is 1. The van der Waals surface area contributed by atoms with E-state index in [2.05, 4.69) is 10.2 Å². The molecule has 4 aromatic rings. The molecule has 0 radical (unpaired) electrons. The molecule has 0 spiro atoms. The lowest BCUT2D eigenvalue weighted by atomic mass is 9.95. The molecule has 184 valence electrons. The second-order valence-corrected chi connectivity index (χ2v) is 8.69. The number of hydrogen-bond donors (Lipinski definition) is 2. The number of benzene rings is 3. The van der Waals surface area contributed by atoms with E-state index in [4.69, 9.17) is 9.47 Å². The summed E-state index contributed by atoms with van der Waals surface area (Å²) >= 11 is 0. The van der Waals surface area contributed by atoms with Crippen LogP contribution in [0.25, 0.3) is 11.3 Å². The van der Waals surface area contributed by atoms with Gasteiger partial charge in [-0.15, -0.1) is 0 Å². The van der Waals surface area contributed by atoms with Gasteiger partial charge in [-0.1, -0.05) is 55.5 Å². The summed E-state index contributed by atoms with van der Waals surface area (Å²) < 4.78 is 12.1. The Balaban J connectivity index is 1.56. The van der Waals surface area contributed by atoms with Crippen molar-refractivity contribution in [3.8, 4) is 28.5 Å². The van der Waals surface area contributed by atoms with Gasteiger partial charge in [0.15, 0.2) is 11.5 Å². The first-order valence-corrected chi connectivity index (χ1v) is 12.2. The molecular weight excluding hydrogens is 454 g/mol. The zero-order chi connectivity index (χ0) is 25.1. The standard InChI is InChI=1S/C29H29N3O4/c1-3-16-32-28(25-26(30-31-27(25)29(32)34)21-12-8-9-13-22(21)33)20-14-15-23(24(17-20)35-4-2)36-18-19-10-6-5-7-11-19/h5-15,17,28,33H,3-4,16,18H2,1-2H3,(H,30,31)/t28-/m1/s1. The first-order chi connectivity index (χ1) is 17.6. The molecule has 0 bridgehead atoms. The predicted molar refractivity (Wildman–Crippen MR) is 137 cm³/mol. The molecule has 1 atom stereocenters. The summed E-state index contributed by atoms with van der Waals surface area (Å²) in [4.78, 5) is 15.2. The molecule has 0 fully saturated rings. The van der Waals surface area contributed by atoms with Gasteiger partial charge in [0, 0.05) is 17.7 Å². The zero-order valence-electron chi connectivity index (χ0n) is 20.4. The quantitative estimate of drug-likeness (QED) is 0.318. The van der Waals surface area contributed by atoms with Crippen molar-refractivity contribution in [2.24, 2.45) is 0 Å². The van der Waals surface area contributed by atoms with Crippen molar-refractivity contribution in [2.75, 3.05) is 13.2 Å². The monoisotopic (exact) mass is 483 g/mol. The number of carbonyl (C=O) groups is 1. The third-order valence-electron chi connectivity index (χ3n) is 6.31. The fourth-order valence-electron chi connectivity index (χ4n) is 4.71. The molecule has 7 nitrogen and oxygen atoms in total. The number of amides is 1. The van der Waals surface area contributed by atoms with E-state index in [1.807, 2.05) is 79.4 Å². The third kappa shape index (κ3) is 4.28. The average molecular weight is 484 g/mol. The molecule has 0 saturated heterocycles. The number of phenols is 1. The summed E-state index contributed by atoms with van der Waals surface area (Å²) in [6.07, 6.45) is 0.808. The van der Waals surface area contributed by atoms with Crippen LogP contribution in [0.4, 0.5) is 0 Å². The normalized spacial score (nSPS) is 14.7. The predicted octanol–water partition coefficient (Wildman–Crippen LogP) is 5.72. The van der Waals surface area contributed by atoms with E-state index in [-0.39, 0.29) is 17.7 Å². The fraction of sp³-hybridized carbons (Fsp3) is 0.241. The number of aromatic hydroxyl groups is 1. The van der Waals surface area contributed by atoms with E-state index in [0.29, 0.717) is 48.2 Å². The van der Waals surface area contributed by atoms with E-state index in [1.54, 1.807) is 12.1 Å². The zero-order valence-corrected chi connectivity index (χ0v) is 20.4. The summed E-state index contributed by atoms with van der Waals surface area (Å²) in [6.45, 7) is 5.47. The SMILES string of the molecule is CCCN1C(=O)c2[nH]nc(-c3ccccc3O)c2[C@H]1c1ccc(OCc2ccccc2)c(OCC)c1. The fourth-order valence-corrected chi connectivity index (χ4v) is 4.71. The van der Waals surface area contributed by atoms with Gasteiger partial charge in [0.05, 0.1) is 12.6 Å². The van der Waals surface area contributed by atoms with Crippen LogP contribution in [-0.4, -0.2) is 39.3 Å². The van der Waals surface area contributed by atoms with Gasteiger partial charge in [-0.05, 0) is 48.7 Å². The largest absolute Gasteiger partial charge is 0.507 e. The number of hydrogen-bond acceptors (Lipinski definition) is 5. The average Bonchev–Trinajstić information content (AvgIpc) is 3.44. The highest BCUT2D eigenvalue weighted by Crippen LogP contribution is 2.46. The molecule has 0 saturated carbocycles. The van der Waals surface area contributed by atoms with Gasteiger partial charge in [0.2, 0.25) is 0 Å². The minimum atomic E-state index is -0.372. The van der Waals surface area contributed by atoms with Crippen LogP contribution in [0, 0.1) is 0 Å². The van der Waals surface area contributed by atoms with Crippen LogP contribution in [0.5, 0.6) is 17.2 Å². The molecule has 2 N–H and O–H groups in total. The number of ether oxygens (including phenoxy) is 2. The maximum atomic E-state index is 13.4. The van der Waals surface area contributed by atoms with Crippen molar-refractivity contribution < 1.29 is 19.4 Å². The van der Waals surface area contributed by atoms with Crippen molar-refractivity contribution in [2.45, 2.75) is 32.9 Å². The van der Waals surface area contributed by atoms with Gasteiger partial charge in [-0.2, -0.15) is 5.10 Å². The molecule has 1 aromatic heterocycles. The Bertz CT molecular complexity index is 1370. The van der Waals surface area contributed by atoms with Gasteiger partial charge >= 0.3 is 0 Å². The number of phenolic OH excluding ortho intramolecular Hbond substituents is 1. The van der Waals surface area contributed by atoms with E-state index in [1.165, 1.54) is 0 Å². The highest BCUT2D eigenvalue weighted by molar-refractivity contribution is 6.00. The van der Waals surface area contributed by atoms with Crippen molar-refractivity contribution in [3.05, 3.63) is 95.2 Å². The summed E-state index contributed by atoms with van der Waals surface area (Å²) in [5.74, 6) is 1.28. The summed E-state index contributed by atoms with van der Waals surface area (Å²) in [7, 11) is 0. The van der Waals surface area contributed by atoms with Crippen molar-refractivity contribution in [1.29, 1.82) is 0 Å². The molecule has 1 amide bonds. The smallest absolute Gasteiger partial charge is 0.273 e. The molecular formula is C29H29N3O4. The van der Waals surface area contributed by atoms with Crippen LogP contribution in [0.1, 0.15) is 53.5 Å². The maximum Gasteiger partial charge on any atom is 0.273 e. The Hall–Kier alpha value is -4.26. The van der Waals surface area contributed by atoms with Crippen LogP contribution in [0.15, 0.2) is 72.8 Å². The number of nitrogens with zero attached hydrogens (tertiary/aromatic N) is 2. The molecule has 2 heterocycles. The minimum absolute atomic E-state index is 0.103. The second kappa shape index (κ2) is 10.2. The number of H-pyrrole nitrogens is 1. The molecule has 7 heteroatoms. The Kier molecular flexibility index (Phi) is 6.62. The first-order valence-electron chi connectivity index (χ1n) is 12.2. The van der Waals surface area contributed by atoms with Gasteiger partial charge in [0.1, 0.15) is 23.7 Å². The number of fused-ring (bicyclic) bond motifs is 1. The molecule has 5 rings (SSSR count). The number of carbonyl (C=O) groups excluding carboxylic acids is 1. The van der Waals surface area contributed by atoms with E-state index < -0.39 is 0 Å². The topological polar surface area (TPSA) is 87.7 Å². The van der Waals surface area contributed by atoms with Gasteiger partial charge < -0.3 is 19.5 Å². The number of aromatic nitrogens is 2. The van der Waals surface area contributed by atoms with E-state index >= 15 is 0 Å². The highest BCUT2D eigenvalue weighted by Gasteiger charge is 2.42. The van der Waals surface area contributed by atoms with Crippen LogP contribution in [-0.2, 0) is 6.61 Å². The Morgan fingerprint density at radius 1 is 0.972 bits per heavy atom. The summed E-state index contributed by atoms with van der Waals surface area (Å²) in [6, 6.07) is 22.5. The third-order valence-corrected chi connectivity index (χ3v) is 6.31. The molecule has 1 aliphatic rings. The van der Waals surface area contributed by atoms with E-state index in [0.717, 1.165) is 23.1 Å². The van der Waals surface area contributed by atoms with Crippen molar-refractivity contribution in [3.63, 3.8) is 0 Å². The van der Waals surface area contributed by atoms with Crippen molar-refractivity contribution >= 4 is 5.91 Å². The van der Waals surface area contributed by atoms with Crippen LogP contribution in [0.3, 0.4) is 0 Å². The summed E-state index contributed by atoms with van der Waals surface area (Å²) in [5, 5.41) is 17.9. The lowest BCUT2D eigenvalue weighted by molar-refractivity contribution is 0.0743. The summed E-state index contributed by atoms with van der Waals surface area (Å²) in [5.41, 5.74) is 4.32. The number of rotatable bonds is 9. The van der Waals surface area contributed by atoms with Crippen LogP contribution >= 0.6 is 0 Å². The van der Waals surface area contributed by atoms with Crippen molar-refractivity contribution in [1.82, 2.24) is 15.1 Å².